The van der Waals surface area contributed by atoms with E-state index in [0.29, 0.717) is 6.61 Å². The third-order valence-corrected chi connectivity index (χ3v) is 2.22. The predicted octanol–water partition coefficient (Wildman–Crippen LogP) is -0.493. The molecule has 2 heterocycles. The second-order valence-electron chi connectivity index (χ2n) is 2.94. The Morgan fingerprint density at radius 3 is 3.00 bits per heavy atom. The van der Waals surface area contributed by atoms with Gasteiger partial charge in [0.05, 0.1) is 12.7 Å². The molecule has 0 bridgehead atoms. The number of ether oxygens (including phenoxy) is 3. The molecule has 2 rings (SSSR count). The SMILES string of the molecule is COC1CC2OCC(O)C2O1. The Kier molecular flexibility index (Phi) is 1.85. The van der Waals surface area contributed by atoms with Gasteiger partial charge in [-0.2, -0.15) is 0 Å². The molecule has 2 aliphatic heterocycles. The topological polar surface area (TPSA) is 47.9 Å². The van der Waals surface area contributed by atoms with Gasteiger partial charge in [0.2, 0.25) is 0 Å². The molecule has 0 saturated carbocycles. The van der Waals surface area contributed by atoms with Crippen molar-refractivity contribution in [3.05, 3.63) is 0 Å². The molecule has 0 aliphatic carbocycles. The number of hydrogen-bond donors (Lipinski definition) is 1. The molecule has 0 amide bonds. The first-order valence-electron chi connectivity index (χ1n) is 3.79. The van der Waals surface area contributed by atoms with Gasteiger partial charge in [-0.15, -0.1) is 0 Å². The highest BCUT2D eigenvalue weighted by Crippen LogP contribution is 2.30. The van der Waals surface area contributed by atoms with Gasteiger partial charge in [0.25, 0.3) is 0 Å². The quantitative estimate of drug-likeness (QED) is 0.562. The van der Waals surface area contributed by atoms with Crippen LogP contribution in [0.3, 0.4) is 0 Å². The Bertz CT molecular complexity index is 149. The van der Waals surface area contributed by atoms with E-state index in [2.05, 4.69) is 0 Å². The standard InChI is InChI=1S/C7H12O4/c1-9-6-2-5-7(11-6)4(8)3-10-5/h4-8H,2-3H2,1H3. The van der Waals surface area contributed by atoms with E-state index in [1.165, 1.54) is 0 Å². The van der Waals surface area contributed by atoms with Gasteiger partial charge in [0.15, 0.2) is 6.29 Å². The summed E-state index contributed by atoms with van der Waals surface area (Å²) in [5.74, 6) is 0. The van der Waals surface area contributed by atoms with Crippen LogP contribution in [0.4, 0.5) is 0 Å². The molecule has 2 fully saturated rings. The molecule has 0 aromatic heterocycles. The lowest BCUT2D eigenvalue weighted by Gasteiger charge is -2.12. The Morgan fingerprint density at radius 2 is 2.36 bits per heavy atom. The van der Waals surface area contributed by atoms with Gasteiger partial charge in [0, 0.05) is 13.5 Å². The normalized spacial score (nSPS) is 49.6. The van der Waals surface area contributed by atoms with E-state index in [1.807, 2.05) is 0 Å². The highest BCUT2D eigenvalue weighted by Gasteiger charge is 2.45. The molecule has 0 aromatic rings. The number of aliphatic hydroxyl groups excluding tert-OH is 1. The van der Waals surface area contributed by atoms with Crippen LogP contribution >= 0.6 is 0 Å². The lowest BCUT2D eigenvalue weighted by molar-refractivity contribution is -0.134. The summed E-state index contributed by atoms with van der Waals surface area (Å²) in [5, 5.41) is 9.31. The van der Waals surface area contributed by atoms with Gasteiger partial charge in [0.1, 0.15) is 12.2 Å². The molecule has 4 atom stereocenters. The van der Waals surface area contributed by atoms with Crippen molar-refractivity contribution >= 4 is 0 Å². The number of methoxy groups -OCH3 is 1. The van der Waals surface area contributed by atoms with Gasteiger partial charge in [-0.3, -0.25) is 0 Å². The van der Waals surface area contributed by atoms with E-state index in [4.69, 9.17) is 14.2 Å². The van der Waals surface area contributed by atoms with Crippen molar-refractivity contribution in [1.29, 1.82) is 0 Å². The Labute approximate surface area is 65.1 Å². The monoisotopic (exact) mass is 160 g/mol. The van der Waals surface area contributed by atoms with Crippen LogP contribution < -0.4 is 0 Å². The molecule has 4 unspecified atom stereocenters. The van der Waals surface area contributed by atoms with Gasteiger partial charge < -0.3 is 19.3 Å². The zero-order chi connectivity index (χ0) is 7.84. The number of fused-ring (bicyclic) bond motifs is 1. The molecule has 4 heteroatoms. The molecule has 2 aliphatic rings. The van der Waals surface area contributed by atoms with Gasteiger partial charge >= 0.3 is 0 Å². The van der Waals surface area contributed by atoms with E-state index >= 15 is 0 Å². The van der Waals surface area contributed by atoms with E-state index in [9.17, 15) is 5.11 Å². The van der Waals surface area contributed by atoms with Crippen molar-refractivity contribution in [3.8, 4) is 0 Å². The van der Waals surface area contributed by atoms with Gasteiger partial charge in [-0.05, 0) is 0 Å². The number of hydrogen-bond acceptors (Lipinski definition) is 4. The van der Waals surface area contributed by atoms with Crippen LogP contribution in [0.15, 0.2) is 0 Å². The zero-order valence-electron chi connectivity index (χ0n) is 6.40. The smallest absolute Gasteiger partial charge is 0.160 e. The minimum absolute atomic E-state index is 0.0370. The molecular weight excluding hydrogens is 148 g/mol. The second-order valence-corrected chi connectivity index (χ2v) is 2.94. The van der Waals surface area contributed by atoms with Crippen molar-refractivity contribution in [1.82, 2.24) is 0 Å². The first-order valence-corrected chi connectivity index (χ1v) is 3.79. The lowest BCUT2D eigenvalue weighted by atomic mass is 10.1. The van der Waals surface area contributed by atoms with Crippen molar-refractivity contribution in [2.45, 2.75) is 31.0 Å². The van der Waals surface area contributed by atoms with E-state index in [1.54, 1.807) is 7.11 Å². The molecule has 0 aromatic carbocycles. The third kappa shape index (κ3) is 1.16. The first-order chi connectivity index (χ1) is 5.31. The second kappa shape index (κ2) is 2.71. The maximum absolute atomic E-state index is 9.31. The largest absolute Gasteiger partial charge is 0.388 e. The summed E-state index contributed by atoms with van der Waals surface area (Å²) in [6.45, 7) is 0.395. The third-order valence-electron chi connectivity index (χ3n) is 2.22. The molecule has 0 radical (unpaired) electrons. The fraction of sp³-hybridized carbons (Fsp3) is 1.00. The molecular formula is C7H12O4. The van der Waals surface area contributed by atoms with E-state index < -0.39 is 6.10 Å². The fourth-order valence-corrected chi connectivity index (χ4v) is 1.61. The molecule has 0 spiro atoms. The lowest BCUT2D eigenvalue weighted by Crippen LogP contribution is -2.27. The summed E-state index contributed by atoms with van der Waals surface area (Å²) in [4.78, 5) is 0. The summed E-state index contributed by atoms with van der Waals surface area (Å²) >= 11 is 0. The van der Waals surface area contributed by atoms with Crippen LogP contribution in [0.2, 0.25) is 0 Å². The van der Waals surface area contributed by atoms with Crippen molar-refractivity contribution in [3.63, 3.8) is 0 Å². The predicted molar refractivity (Wildman–Crippen MR) is 36.0 cm³/mol. The Balaban J connectivity index is 1.98. The highest BCUT2D eigenvalue weighted by molar-refractivity contribution is 4.90. The Morgan fingerprint density at radius 1 is 1.55 bits per heavy atom. The maximum atomic E-state index is 9.31. The van der Waals surface area contributed by atoms with E-state index in [-0.39, 0.29) is 18.5 Å². The van der Waals surface area contributed by atoms with Crippen molar-refractivity contribution < 1.29 is 19.3 Å². The molecule has 4 nitrogen and oxygen atoms in total. The van der Waals surface area contributed by atoms with Crippen molar-refractivity contribution in [2.75, 3.05) is 13.7 Å². The summed E-state index contributed by atoms with van der Waals surface area (Å²) < 4.78 is 15.6. The first kappa shape index (κ1) is 7.49. The maximum Gasteiger partial charge on any atom is 0.160 e. The number of rotatable bonds is 1. The van der Waals surface area contributed by atoms with Crippen LogP contribution in [0.1, 0.15) is 6.42 Å². The van der Waals surface area contributed by atoms with Gasteiger partial charge in [-0.25, -0.2) is 0 Å². The minimum Gasteiger partial charge on any atom is -0.388 e. The van der Waals surface area contributed by atoms with Crippen LogP contribution in [-0.2, 0) is 14.2 Å². The number of aliphatic hydroxyl groups is 1. The van der Waals surface area contributed by atoms with Crippen molar-refractivity contribution in [2.24, 2.45) is 0 Å². The summed E-state index contributed by atoms with van der Waals surface area (Å²) in [5.41, 5.74) is 0. The molecule has 2 saturated heterocycles. The highest BCUT2D eigenvalue weighted by atomic mass is 16.7. The summed E-state index contributed by atoms with van der Waals surface area (Å²) in [7, 11) is 1.60. The zero-order valence-corrected chi connectivity index (χ0v) is 6.40. The fourth-order valence-electron chi connectivity index (χ4n) is 1.61. The average Bonchev–Trinajstić information content (AvgIpc) is 2.53. The average molecular weight is 160 g/mol. The minimum atomic E-state index is -0.472. The molecule has 1 N–H and O–H groups in total. The van der Waals surface area contributed by atoms with E-state index in [0.717, 1.165) is 6.42 Å². The van der Waals surface area contributed by atoms with Crippen LogP contribution in [-0.4, -0.2) is 43.4 Å². The Hall–Kier alpha value is -0.160. The van der Waals surface area contributed by atoms with Crippen LogP contribution in [0.25, 0.3) is 0 Å². The van der Waals surface area contributed by atoms with Crippen LogP contribution in [0.5, 0.6) is 0 Å². The summed E-state index contributed by atoms with van der Waals surface area (Å²) in [6, 6.07) is 0. The van der Waals surface area contributed by atoms with Crippen LogP contribution in [0, 0.1) is 0 Å². The molecule has 64 valence electrons. The summed E-state index contributed by atoms with van der Waals surface area (Å²) in [6.07, 6.45) is -0.0619. The van der Waals surface area contributed by atoms with Gasteiger partial charge in [-0.1, -0.05) is 0 Å². The molecule has 11 heavy (non-hydrogen) atoms.